The molecule has 0 bridgehead atoms. The molecule has 2 aliphatic rings. The van der Waals surface area contributed by atoms with E-state index in [-0.39, 0.29) is 28.3 Å². The molecule has 0 aliphatic carbocycles. The van der Waals surface area contributed by atoms with Gasteiger partial charge in [-0.3, -0.25) is 14.9 Å². The number of carbonyl (C=O) groups is 3. The Morgan fingerprint density at radius 3 is 2.56 bits per heavy atom. The third-order valence-electron chi connectivity index (χ3n) is 7.02. The first-order valence-electron chi connectivity index (χ1n) is 13.3. The van der Waals surface area contributed by atoms with E-state index >= 15 is 0 Å². The number of hydrogen-bond donors (Lipinski definition) is 3. The molecule has 15 nitrogen and oxygen atoms in total. The summed E-state index contributed by atoms with van der Waals surface area (Å²) in [4.78, 5) is 52.3. The summed E-state index contributed by atoms with van der Waals surface area (Å²) in [6, 6.07) is 8.25. The van der Waals surface area contributed by atoms with E-state index < -0.39 is 35.5 Å². The van der Waals surface area contributed by atoms with E-state index in [1.165, 1.54) is 32.6 Å². The van der Waals surface area contributed by atoms with Crippen molar-refractivity contribution in [2.45, 2.75) is 13.0 Å². The maximum absolute atomic E-state index is 12.5. The van der Waals surface area contributed by atoms with Gasteiger partial charge in [-0.05, 0) is 43.8 Å². The normalized spacial score (nSPS) is 17.3. The van der Waals surface area contributed by atoms with Crippen LogP contribution in [0.4, 0.5) is 16.2 Å². The van der Waals surface area contributed by atoms with Crippen LogP contribution in [-0.2, 0) is 14.3 Å². The third kappa shape index (κ3) is 7.37. The molecule has 0 unspecified atom stereocenters. The van der Waals surface area contributed by atoms with Crippen molar-refractivity contribution in [3.63, 3.8) is 0 Å². The van der Waals surface area contributed by atoms with Crippen molar-refractivity contribution >= 4 is 35.5 Å². The van der Waals surface area contributed by atoms with Crippen LogP contribution in [0.2, 0.25) is 0 Å². The minimum absolute atomic E-state index is 0.137. The Bertz CT molecular complexity index is 1470. The number of amides is 3. The molecular formula is C28H33N7O8. The van der Waals surface area contributed by atoms with Crippen LogP contribution in [-0.4, -0.2) is 88.0 Å². The first kappa shape index (κ1) is 30.8. The number of hydrazone groups is 1. The molecule has 0 aromatic heterocycles. The molecule has 1 fully saturated rings. The zero-order chi connectivity index (χ0) is 31.1. The molecule has 1 atom stereocenters. The molecular weight excluding hydrogens is 562 g/mol. The molecule has 0 radical (unpaired) electrons. The Morgan fingerprint density at radius 1 is 1.14 bits per heavy atom. The highest BCUT2D eigenvalue weighted by molar-refractivity contribution is 5.95. The second kappa shape index (κ2) is 13.7. The second-order valence-corrected chi connectivity index (χ2v) is 9.84. The molecule has 0 saturated carbocycles. The van der Waals surface area contributed by atoms with Gasteiger partial charge in [0, 0.05) is 43.6 Å². The quantitative estimate of drug-likeness (QED) is 0.159. The Balaban J connectivity index is 1.42. The van der Waals surface area contributed by atoms with Gasteiger partial charge in [0.2, 0.25) is 0 Å². The number of ether oxygens (including phenoxy) is 3. The number of likely N-dealkylation sites (N-methyl/N-ethyl adjacent to an activating group) is 1. The lowest BCUT2D eigenvalue weighted by Crippen LogP contribution is -2.45. The van der Waals surface area contributed by atoms with Crippen LogP contribution < -0.4 is 30.4 Å². The highest BCUT2D eigenvalue weighted by Gasteiger charge is 2.32. The number of allylic oxidation sites excluding steroid dienone is 1. The topological polar surface area (TPSA) is 177 Å². The van der Waals surface area contributed by atoms with Crippen molar-refractivity contribution in [3.8, 4) is 11.5 Å². The minimum atomic E-state index is -0.805. The lowest BCUT2D eigenvalue weighted by molar-refractivity contribution is -0.385. The number of carbonyl (C=O) groups excluding carboxylic acids is 3. The van der Waals surface area contributed by atoms with Gasteiger partial charge in [-0.25, -0.2) is 15.0 Å². The van der Waals surface area contributed by atoms with Crippen LogP contribution in [0, 0.1) is 10.1 Å². The molecule has 2 aliphatic heterocycles. The summed E-state index contributed by atoms with van der Waals surface area (Å²) in [6.45, 7) is 4.49. The summed E-state index contributed by atoms with van der Waals surface area (Å²) in [5.74, 6) is -0.749. The number of nitro benzene ring substituents is 1. The molecule has 2 aromatic carbocycles. The minimum Gasteiger partial charge on any atom is -0.493 e. The first-order valence-corrected chi connectivity index (χ1v) is 13.3. The van der Waals surface area contributed by atoms with Gasteiger partial charge in [-0.1, -0.05) is 6.07 Å². The van der Waals surface area contributed by atoms with Crippen LogP contribution in [0.15, 0.2) is 52.8 Å². The van der Waals surface area contributed by atoms with E-state index in [4.69, 9.17) is 14.2 Å². The van der Waals surface area contributed by atoms with Gasteiger partial charge < -0.3 is 34.6 Å². The summed E-state index contributed by atoms with van der Waals surface area (Å²) in [7, 11) is 4.69. The van der Waals surface area contributed by atoms with Gasteiger partial charge in [0.05, 0.1) is 42.5 Å². The predicted molar refractivity (Wildman–Crippen MR) is 156 cm³/mol. The Kier molecular flexibility index (Phi) is 9.77. The van der Waals surface area contributed by atoms with E-state index in [1.54, 1.807) is 31.2 Å². The average molecular weight is 596 g/mol. The SMILES string of the molecule is COC(=O)C1=C(C)NC(=O)N[C@@H]1c1ccc(OCC(=O)N/N=C\c2cc(N3CCN(C)CC3)ccc2[N+](=O)[O-])c(OC)c1. The van der Waals surface area contributed by atoms with Crippen molar-refractivity contribution in [3.05, 3.63) is 68.9 Å². The van der Waals surface area contributed by atoms with Gasteiger partial charge in [-0.2, -0.15) is 5.10 Å². The number of nitrogens with zero attached hydrogens (tertiary/aromatic N) is 4. The van der Waals surface area contributed by atoms with Crippen molar-refractivity contribution in [2.75, 3.05) is 59.0 Å². The van der Waals surface area contributed by atoms with Gasteiger partial charge >= 0.3 is 12.0 Å². The molecule has 0 spiro atoms. The fourth-order valence-electron chi connectivity index (χ4n) is 4.73. The predicted octanol–water partition coefficient (Wildman–Crippen LogP) is 1.69. The number of methoxy groups -OCH3 is 2. The maximum Gasteiger partial charge on any atom is 0.337 e. The number of benzene rings is 2. The monoisotopic (exact) mass is 595 g/mol. The van der Waals surface area contributed by atoms with E-state index in [0.717, 1.165) is 31.9 Å². The fraction of sp³-hybridized carbons (Fsp3) is 0.357. The Morgan fingerprint density at radius 2 is 1.88 bits per heavy atom. The summed E-state index contributed by atoms with van der Waals surface area (Å²) >= 11 is 0. The number of rotatable bonds is 10. The summed E-state index contributed by atoms with van der Waals surface area (Å²) in [5, 5.41) is 20.7. The van der Waals surface area contributed by atoms with Crippen LogP contribution >= 0.6 is 0 Å². The number of anilines is 1. The van der Waals surface area contributed by atoms with Gasteiger partial charge in [0.1, 0.15) is 0 Å². The standard InChI is InChI=1S/C28H33N7O8/c1-17-25(27(37)42-4)26(31-28(38)30-17)18-5-8-22(23(14-18)41-3)43-16-24(36)32-29-15-19-13-20(6-7-21(19)35(39)40)34-11-9-33(2)10-12-34/h5-8,13-15,26H,9-12,16H2,1-4H3,(H,32,36)(H2,30,31,38)/b29-15-/t26-/m1/s1. The zero-order valence-electron chi connectivity index (χ0n) is 24.2. The summed E-state index contributed by atoms with van der Waals surface area (Å²) in [5.41, 5.74) is 4.37. The molecule has 2 heterocycles. The summed E-state index contributed by atoms with van der Waals surface area (Å²) < 4.78 is 15.9. The molecule has 4 rings (SSSR count). The molecule has 3 N–H and O–H groups in total. The van der Waals surface area contributed by atoms with Crippen LogP contribution in [0.1, 0.15) is 24.1 Å². The van der Waals surface area contributed by atoms with E-state index in [1.807, 2.05) is 7.05 Å². The van der Waals surface area contributed by atoms with E-state index in [0.29, 0.717) is 11.3 Å². The van der Waals surface area contributed by atoms with Crippen molar-refractivity contribution < 1.29 is 33.5 Å². The molecule has 15 heteroatoms. The largest absolute Gasteiger partial charge is 0.493 e. The number of hydrogen-bond acceptors (Lipinski definition) is 11. The van der Waals surface area contributed by atoms with Crippen LogP contribution in [0.25, 0.3) is 0 Å². The van der Waals surface area contributed by atoms with Gasteiger partial charge in [0.15, 0.2) is 18.1 Å². The van der Waals surface area contributed by atoms with E-state index in [2.05, 4.69) is 31.0 Å². The smallest absolute Gasteiger partial charge is 0.337 e. The second-order valence-electron chi connectivity index (χ2n) is 9.84. The van der Waals surface area contributed by atoms with Crippen LogP contribution in [0.3, 0.4) is 0 Å². The van der Waals surface area contributed by atoms with Gasteiger partial charge in [0.25, 0.3) is 11.6 Å². The molecule has 2 aromatic rings. The van der Waals surface area contributed by atoms with Crippen LogP contribution in [0.5, 0.6) is 11.5 Å². The van der Waals surface area contributed by atoms with Crippen molar-refractivity contribution in [2.24, 2.45) is 5.10 Å². The first-order chi connectivity index (χ1) is 20.6. The molecule has 3 amide bonds. The lowest BCUT2D eigenvalue weighted by Gasteiger charge is -2.34. The number of piperazine rings is 1. The van der Waals surface area contributed by atoms with Crippen molar-refractivity contribution in [1.82, 2.24) is 21.0 Å². The fourth-order valence-corrected chi connectivity index (χ4v) is 4.73. The lowest BCUT2D eigenvalue weighted by atomic mass is 9.95. The number of nitrogens with one attached hydrogen (secondary N) is 3. The zero-order valence-corrected chi connectivity index (χ0v) is 24.2. The number of nitro groups is 1. The van der Waals surface area contributed by atoms with Gasteiger partial charge in [-0.15, -0.1) is 0 Å². The number of esters is 1. The molecule has 43 heavy (non-hydrogen) atoms. The molecule has 228 valence electrons. The summed E-state index contributed by atoms with van der Waals surface area (Å²) in [6.07, 6.45) is 1.23. The highest BCUT2D eigenvalue weighted by atomic mass is 16.6. The van der Waals surface area contributed by atoms with Crippen molar-refractivity contribution in [1.29, 1.82) is 0 Å². The Hall–Kier alpha value is -5.18. The molecule has 1 saturated heterocycles. The van der Waals surface area contributed by atoms with E-state index in [9.17, 15) is 24.5 Å². The highest BCUT2D eigenvalue weighted by Crippen LogP contribution is 2.34. The Labute approximate surface area is 247 Å². The average Bonchev–Trinajstić information content (AvgIpc) is 2.99. The number of urea groups is 1. The maximum atomic E-state index is 12.5. The third-order valence-corrected chi connectivity index (χ3v) is 7.02.